The van der Waals surface area contributed by atoms with Crippen molar-refractivity contribution in [1.29, 1.82) is 0 Å². The third-order valence-electron chi connectivity index (χ3n) is 4.82. The number of hydrogen-bond acceptors (Lipinski definition) is 2. The third kappa shape index (κ3) is 1.26. The molecular weight excluding hydrogens is 330 g/mol. The van der Waals surface area contributed by atoms with Gasteiger partial charge in [-0.25, -0.2) is 0 Å². The number of ether oxygens (including phenoxy) is 2. The van der Waals surface area contributed by atoms with E-state index in [2.05, 4.69) is 12.2 Å². The van der Waals surface area contributed by atoms with E-state index in [9.17, 15) is 0 Å². The molecule has 1 fully saturated rings. The van der Waals surface area contributed by atoms with Gasteiger partial charge in [0.1, 0.15) is 9.75 Å². The fraction of sp³-hybridized carbons (Fsp3) is 0.692. The maximum atomic E-state index is 6.89. The number of alkyl halides is 2. The molecular formula is C13H14Cl4O2. The van der Waals surface area contributed by atoms with Crippen molar-refractivity contribution in [3.05, 3.63) is 22.2 Å². The van der Waals surface area contributed by atoms with Gasteiger partial charge in [0.15, 0.2) is 0 Å². The Hall–Kier alpha value is 0.560. The smallest absolute Gasteiger partial charge is 0.217 e. The molecule has 2 bridgehead atoms. The highest BCUT2D eigenvalue weighted by molar-refractivity contribution is 6.52. The lowest BCUT2D eigenvalue weighted by Crippen LogP contribution is -2.57. The van der Waals surface area contributed by atoms with E-state index in [1.54, 1.807) is 0 Å². The lowest BCUT2D eigenvalue weighted by Gasteiger charge is -2.41. The summed E-state index contributed by atoms with van der Waals surface area (Å²) in [5, 5.41) is 0.706. The molecule has 6 heteroatoms. The molecule has 106 valence electrons. The van der Waals surface area contributed by atoms with E-state index in [4.69, 9.17) is 55.9 Å². The topological polar surface area (TPSA) is 18.5 Å². The molecule has 0 radical (unpaired) electrons. The van der Waals surface area contributed by atoms with Gasteiger partial charge in [-0.05, 0) is 24.7 Å². The Labute approximate surface area is 132 Å². The van der Waals surface area contributed by atoms with Crippen molar-refractivity contribution < 1.29 is 9.47 Å². The number of hydrogen-bond donors (Lipinski definition) is 0. The molecule has 0 spiro atoms. The quantitative estimate of drug-likeness (QED) is 0.424. The molecule has 1 saturated carbocycles. The van der Waals surface area contributed by atoms with Gasteiger partial charge in [-0.3, -0.25) is 0 Å². The normalized spacial score (nSPS) is 46.8. The zero-order valence-electron chi connectivity index (χ0n) is 10.6. The van der Waals surface area contributed by atoms with Crippen LogP contribution in [0.15, 0.2) is 22.2 Å². The van der Waals surface area contributed by atoms with E-state index in [1.807, 2.05) is 0 Å². The van der Waals surface area contributed by atoms with Crippen molar-refractivity contribution in [2.45, 2.75) is 28.4 Å². The van der Waals surface area contributed by atoms with E-state index in [1.165, 1.54) is 14.2 Å². The maximum Gasteiger partial charge on any atom is 0.217 e. The second-order valence-corrected chi connectivity index (χ2v) is 7.18. The van der Waals surface area contributed by atoms with Gasteiger partial charge < -0.3 is 9.47 Å². The lowest BCUT2D eigenvalue weighted by molar-refractivity contribution is -0.220. The SMILES string of the molecule is COC1(OC)[C@@]2(Cl)C(Cl)=C(Cl)[C@]1(Cl)[C@H]1CC=CC[C@@H]12. The van der Waals surface area contributed by atoms with Gasteiger partial charge in [-0.2, -0.15) is 0 Å². The van der Waals surface area contributed by atoms with Crippen LogP contribution in [0.4, 0.5) is 0 Å². The van der Waals surface area contributed by atoms with Crippen LogP contribution in [0, 0.1) is 11.8 Å². The van der Waals surface area contributed by atoms with Crippen molar-refractivity contribution in [3.63, 3.8) is 0 Å². The maximum absolute atomic E-state index is 6.89. The Kier molecular flexibility index (Phi) is 3.27. The van der Waals surface area contributed by atoms with Crippen molar-refractivity contribution in [1.82, 2.24) is 0 Å². The second kappa shape index (κ2) is 4.28. The molecule has 0 aliphatic heterocycles. The molecule has 0 aromatic carbocycles. The minimum absolute atomic E-state index is 0.0477. The zero-order chi connectivity index (χ0) is 14.1. The highest BCUT2D eigenvalue weighted by Gasteiger charge is 2.84. The number of allylic oxidation sites excluding steroid dienone is 2. The van der Waals surface area contributed by atoms with Gasteiger partial charge in [-0.15, -0.1) is 23.2 Å². The molecule has 0 aromatic heterocycles. The summed E-state index contributed by atoms with van der Waals surface area (Å²) in [7, 11) is 3.06. The molecule has 3 aliphatic carbocycles. The second-order valence-electron chi connectivity index (χ2n) is 5.23. The number of methoxy groups -OCH3 is 2. The average Bonchev–Trinajstić information content (AvgIpc) is 2.69. The molecule has 0 unspecified atom stereocenters. The summed E-state index contributed by atoms with van der Waals surface area (Å²) in [5.41, 5.74) is 0. The van der Waals surface area contributed by atoms with Gasteiger partial charge in [0, 0.05) is 14.2 Å². The van der Waals surface area contributed by atoms with E-state index < -0.39 is 15.5 Å². The van der Waals surface area contributed by atoms with Crippen molar-refractivity contribution in [2.24, 2.45) is 11.8 Å². The van der Waals surface area contributed by atoms with Crippen molar-refractivity contribution in [3.8, 4) is 0 Å². The van der Waals surface area contributed by atoms with Crippen LogP contribution in [0.25, 0.3) is 0 Å². The number of rotatable bonds is 2. The number of fused-ring (bicyclic) bond motifs is 5. The van der Waals surface area contributed by atoms with Gasteiger partial charge in [0.25, 0.3) is 0 Å². The van der Waals surface area contributed by atoms with Crippen LogP contribution < -0.4 is 0 Å². The molecule has 0 N–H and O–H groups in total. The van der Waals surface area contributed by atoms with Crippen LogP contribution in [0.3, 0.4) is 0 Å². The molecule has 3 aliphatic rings. The van der Waals surface area contributed by atoms with E-state index in [0.29, 0.717) is 10.1 Å². The van der Waals surface area contributed by atoms with Gasteiger partial charge in [0.05, 0.1) is 10.1 Å². The predicted octanol–water partition coefficient (Wildman–Crippen LogP) is 4.23. The molecule has 0 amide bonds. The predicted molar refractivity (Wildman–Crippen MR) is 78.0 cm³/mol. The van der Waals surface area contributed by atoms with Gasteiger partial charge >= 0.3 is 0 Å². The number of halogens is 4. The molecule has 4 atom stereocenters. The van der Waals surface area contributed by atoms with Crippen LogP contribution in [0.1, 0.15) is 12.8 Å². The minimum atomic E-state index is -1.24. The molecule has 2 nitrogen and oxygen atoms in total. The molecule has 0 heterocycles. The Bertz CT molecular complexity index is 447. The van der Waals surface area contributed by atoms with Crippen LogP contribution in [-0.2, 0) is 9.47 Å². The first-order valence-electron chi connectivity index (χ1n) is 6.11. The molecule has 0 aromatic rings. The summed E-state index contributed by atoms with van der Waals surface area (Å²) in [6.45, 7) is 0. The first-order valence-corrected chi connectivity index (χ1v) is 7.62. The van der Waals surface area contributed by atoms with Gasteiger partial charge in [0.2, 0.25) is 5.79 Å². The van der Waals surface area contributed by atoms with Crippen LogP contribution >= 0.6 is 46.4 Å². The summed E-state index contributed by atoms with van der Waals surface area (Å²) >= 11 is 26.6. The first kappa shape index (κ1) is 14.5. The Morgan fingerprint density at radius 1 is 0.947 bits per heavy atom. The summed E-state index contributed by atoms with van der Waals surface area (Å²) in [4.78, 5) is -2.07. The van der Waals surface area contributed by atoms with Crippen LogP contribution in [0.2, 0.25) is 0 Å². The average molecular weight is 344 g/mol. The Balaban J connectivity index is 2.29. The Morgan fingerprint density at radius 2 is 1.32 bits per heavy atom. The summed E-state index contributed by atoms with van der Waals surface area (Å²) < 4.78 is 11.3. The fourth-order valence-corrected chi connectivity index (χ4v) is 6.31. The highest BCUT2D eigenvalue weighted by atomic mass is 35.5. The fourth-order valence-electron chi connectivity index (χ4n) is 4.06. The summed E-state index contributed by atoms with van der Waals surface area (Å²) in [6.07, 6.45) is 5.77. The highest BCUT2D eigenvalue weighted by Crippen LogP contribution is 2.75. The summed E-state index contributed by atoms with van der Waals surface area (Å²) in [6, 6.07) is 0. The third-order valence-corrected chi connectivity index (χ3v) is 7.52. The minimum Gasteiger partial charge on any atom is -0.350 e. The lowest BCUT2D eigenvalue weighted by atomic mass is 9.75. The largest absolute Gasteiger partial charge is 0.350 e. The zero-order valence-corrected chi connectivity index (χ0v) is 13.6. The monoisotopic (exact) mass is 342 g/mol. The van der Waals surface area contributed by atoms with E-state index in [0.717, 1.165) is 12.8 Å². The molecule has 0 saturated heterocycles. The van der Waals surface area contributed by atoms with E-state index >= 15 is 0 Å². The van der Waals surface area contributed by atoms with Gasteiger partial charge in [-0.1, -0.05) is 35.4 Å². The van der Waals surface area contributed by atoms with Crippen molar-refractivity contribution >= 4 is 46.4 Å². The first-order chi connectivity index (χ1) is 8.91. The standard InChI is InChI=1S/C13H14Cl4O2/c1-18-13(19-2)11(16)7-5-3-4-6-8(7)12(13,17)10(15)9(11)14/h3-4,7-8H,5-6H2,1-2H3/t7-,8-,11-,12+/m0/s1. The van der Waals surface area contributed by atoms with E-state index in [-0.39, 0.29) is 11.8 Å². The van der Waals surface area contributed by atoms with Crippen LogP contribution in [-0.4, -0.2) is 29.8 Å². The van der Waals surface area contributed by atoms with Crippen molar-refractivity contribution in [2.75, 3.05) is 14.2 Å². The Morgan fingerprint density at radius 3 is 1.63 bits per heavy atom. The molecule has 19 heavy (non-hydrogen) atoms. The summed E-state index contributed by atoms with van der Waals surface area (Å²) in [5.74, 6) is -1.14. The molecule has 3 rings (SSSR count). The van der Waals surface area contributed by atoms with Crippen LogP contribution in [0.5, 0.6) is 0 Å².